The van der Waals surface area contributed by atoms with Crippen LogP contribution in [0.25, 0.3) is 6.08 Å². The zero-order valence-electron chi connectivity index (χ0n) is 13.5. The maximum Gasteiger partial charge on any atom is 0.294 e. The molecule has 0 aromatic heterocycles. The van der Waals surface area contributed by atoms with E-state index in [0.29, 0.717) is 5.56 Å². The number of hydrogen-bond donors (Lipinski definition) is 3. The molecule has 0 saturated carbocycles. The van der Waals surface area contributed by atoms with Crippen LogP contribution in [0.3, 0.4) is 0 Å². The Kier molecular flexibility index (Phi) is 5.61. The van der Waals surface area contributed by atoms with E-state index in [1.807, 2.05) is 0 Å². The molecule has 0 bridgehead atoms. The summed E-state index contributed by atoms with van der Waals surface area (Å²) in [4.78, 5) is 11.8. The van der Waals surface area contributed by atoms with Crippen molar-refractivity contribution in [2.75, 3.05) is 12.4 Å². The van der Waals surface area contributed by atoms with Gasteiger partial charge in [0, 0.05) is 5.69 Å². The molecular weight excluding hydrogens is 360 g/mol. The first-order valence-electron chi connectivity index (χ1n) is 7.12. The minimum atomic E-state index is -4.42. The summed E-state index contributed by atoms with van der Waals surface area (Å²) < 4.78 is 36.3. The number of benzene rings is 2. The van der Waals surface area contributed by atoms with Crippen molar-refractivity contribution in [3.8, 4) is 17.6 Å². The van der Waals surface area contributed by atoms with E-state index in [9.17, 15) is 23.6 Å². The summed E-state index contributed by atoms with van der Waals surface area (Å²) >= 11 is 0. The third-order valence-electron chi connectivity index (χ3n) is 3.27. The molecule has 1 amide bonds. The molecule has 0 saturated heterocycles. The lowest BCUT2D eigenvalue weighted by Gasteiger charge is -2.07. The smallest absolute Gasteiger partial charge is 0.294 e. The van der Waals surface area contributed by atoms with E-state index in [1.54, 1.807) is 6.07 Å². The van der Waals surface area contributed by atoms with Crippen LogP contribution in [0, 0.1) is 11.3 Å². The number of ether oxygens (including phenoxy) is 1. The van der Waals surface area contributed by atoms with Crippen molar-refractivity contribution in [1.29, 1.82) is 5.26 Å². The number of rotatable bonds is 5. The maximum atomic E-state index is 12.2. The number of phenolic OH excluding ortho intramolecular Hbond substituents is 1. The highest BCUT2D eigenvalue weighted by Gasteiger charge is 2.13. The van der Waals surface area contributed by atoms with Crippen molar-refractivity contribution >= 4 is 27.8 Å². The van der Waals surface area contributed by atoms with E-state index in [0.717, 1.165) is 12.1 Å². The second-order valence-corrected chi connectivity index (χ2v) is 6.48. The molecule has 2 rings (SSSR count). The maximum absolute atomic E-state index is 12.2. The van der Waals surface area contributed by atoms with E-state index in [4.69, 9.17) is 9.29 Å². The molecular formula is C17H14N2O6S. The van der Waals surface area contributed by atoms with Gasteiger partial charge in [-0.25, -0.2) is 0 Å². The molecule has 8 nitrogen and oxygen atoms in total. The molecule has 0 atom stereocenters. The number of phenols is 1. The van der Waals surface area contributed by atoms with E-state index in [1.165, 1.54) is 43.5 Å². The molecule has 26 heavy (non-hydrogen) atoms. The normalized spacial score (nSPS) is 11.5. The van der Waals surface area contributed by atoms with Gasteiger partial charge < -0.3 is 15.2 Å². The first kappa shape index (κ1) is 19.0. The lowest BCUT2D eigenvalue weighted by molar-refractivity contribution is -0.112. The van der Waals surface area contributed by atoms with Crippen LogP contribution in [0.15, 0.2) is 52.9 Å². The Labute approximate surface area is 149 Å². The van der Waals surface area contributed by atoms with Gasteiger partial charge in [-0.15, -0.1) is 0 Å². The Balaban J connectivity index is 2.28. The molecule has 0 aliphatic heterocycles. The number of methoxy groups -OCH3 is 1. The van der Waals surface area contributed by atoms with Gasteiger partial charge in [0.15, 0.2) is 11.5 Å². The van der Waals surface area contributed by atoms with Crippen LogP contribution in [0.5, 0.6) is 11.5 Å². The lowest BCUT2D eigenvalue weighted by atomic mass is 10.1. The number of carbonyl (C=O) groups excluding carboxylic acids is 1. The summed E-state index contributed by atoms with van der Waals surface area (Å²) in [6.45, 7) is 0. The second-order valence-electron chi connectivity index (χ2n) is 5.06. The van der Waals surface area contributed by atoms with Crippen LogP contribution in [0.4, 0.5) is 5.69 Å². The highest BCUT2D eigenvalue weighted by molar-refractivity contribution is 7.85. The van der Waals surface area contributed by atoms with Gasteiger partial charge in [0.1, 0.15) is 11.6 Å². The molecule has 0 fully saturated rings. The van der Waals surface area contributed by atoms with Crippen LogP contribution >= 0.6 is 0 Å². The van der Waals surface area contributed by atoms with Gasteiger partial charge in [0.25, 0.3) is 16.0 Å². The lowest BCUT2D eigenvalue weighted by Crippen LogP contribution is -2.13. The van der Waals surface area contributed by atoms with E-state index < -0.39 is 16.0 Å². The van der Waals surface area contributed by atoms with Gasteiger partial charge in [-0.3, -0.25) is 9.35 Å². The molecule has 2 aromatic rings. The van der Waals surface area contributed by atoms with Gasteiger partial charge in [-0.05, 0) is 42.0 Å². The van der Waals surface area contributed by atoms with Crippen molar-refractivity contribution in [2.24, 2.45) is 0 Å². The van der Waals surface area contributed by atoms with Crippen molar-refractivity contribution in [1.82, 2.24) is 0 Å². The topological polar surface area (TPSA) is 137 Å². The minimum Gasteiger partial charge on any atom is -0.504 e. The monoisotopic (exact) mass is 374 g/mol. The van der Waals surface area contributed by atoms with Crippen LogP contribution in [0.1, 0.15) is 5.56 Å². The molecule has 0 spiro atoms. The van der Waals surface area contributed by atoms with Crippen molar-refractivity contribution in [2.45, 2.75) is 4.90 Å². The highest BCUT2D eigenvalue weighted by atomic mass is 32.2. The number of amides is 1. The second kappa shape index (κ2) is 7.69. The Morgan fingerprint density at radius 2 is 2.00 bits per heavy atom. The summed E-state index contributed by atoms with van der Waals surface area (Å²) in [6.07, 6.45) is 1.28. The average molecular weight is 374 g/mol. The predicted molar refractivity (Wildman–Crippen MR) is 93.1 cm³/mol. The number of anilines is 1. The van der Waals surface area contributed by atoms with Gasteiger partial charge in [-0.2, -0.15) is 13.7 Å². The fourth-order valence-corrected chi connectivity index (χ4v) is 2.56. The van der Waals surface area contributed by atoms with Gasteiger partial charge in [0.05, 0.1) is 12.0 Å². The number of carbonyl (C=O) groups is 1. The Morgan fingerprint density at radius 3 is 2.62 bits per heavy atom. The molecule has 2 aromatic carbocycles. The summed E-state index contributed by atoms with van der Waals surface area (Å²) in [5, 5.41) is 21.1. The van der Waals surface area contributed by atoms with Crippen molar-refractivity contribution in [3.63, 3.8) is 0 Å². The number of nitriles is 1. The Hall–Kier alpha value is -3.35. The van der Waals surface area contributed by atoms with E-state index in [-0.39, 0.29) is 27.7 Å². The zero-order valence-corrected chi connectivity index (χ0v) is 14.3. The fourth-order valence-electron chi connectivity index (χ4n) is 2.03. The van der Waals surface area contributed by atoms with Crippen molar-refractivity contribution < 1.29 is 27.6 Å². The third-order valence-corrected chi connectivity index (χ3v) is 4.12. The first-order chi connectivity index (χ1) is 12.2. The molecule has 0 aliphatic carbocycles. The SMILES string of the molecule is COc1cc(C=C(C#N)C(=O)Nc2cccc(S(=O)(=O)O)c2)ccc1O. The van der Waals surface area contributed by atoms with E-state index in [2.05, 4.69) is 5.32 Å². The highest BCUT2D eigenvalue weighted by Crippen LogP contribution is 2.27. The summed E-state index contributed by atoms with van der Waals surface area (Å²) in [6, 6.07) is 11.0. The molecule has 9 heteroatoms. The standard InChI is InChI=1S/C17H14N2O6S/c1-25-16-8-11(5-6-15(16)20)7-12(10-18)17(21)19-13-3-2-4-14(9-13)26(22,23)24/h2-9,20H,1H3,(H,19,21)(H,22,23,24). The molecule has 134 valence electrons. The molecule has 0 unspecified atom stereocenters. The average Bonchev–Trinajstić information content (AvgIpc) is 2.60. The largest absolute Gasteiger partial charge is 0.504 e. The van der Waals surface area contributed by atoms with Gasteiger partial charge in [-0.1, -0.05) is 12.1 Å². The van der Waals surface area contributed by atoms with Crippen LogP contribution < -0.4 is 10.1 Å². The Bertz CT molecular complexity index is 1020. The first-order valence-corrected chi connectivity index (χ1v) is 8.56. The number of hydrogen-bond acceptors (Lipinski definition) is 6. The van der Waals surface area contributed by atoms with E-state index >= 15 is 0 Å². The summed E-state index contributed by atoms with van der Waals surface area (Å²) in [5.74, 6) is -0.682. The fraction of sp³-hybridized carbons (Fsp3) is 0.0588. The number of aromatic hydroxyl groups is 1. The predicted octanol–water partition coefficient (Wildman–Crippen LogP) is 2.19. The Morgan fingerprint density at radius 1 is 1.27 bits per heavy atom. The molecule has 0 radical (unpaired) electrons. The van der Waals surface area contributed by atoms with Crippen LogP contribution in [0.2, 0.25) is 0 Å². The van der Waals surface area contributed by atoms with Gasteiger partial charge >= 0.3 is 0 Å². The quantitative estimate of drug-likeness (QED) is 0.414. The van der Waals surface area contributed by atoms with Gasteiger partial charge in [0.2, 0.25) is 0 Å². The zero-order chi connectivity index (χ0) is 19.3. The summed E-state index contributed by atoms with van der Waals surface area (Å²) in [5.41, 5.74) is 0.280. The molecule has 0 heterocycles. The minimum absolute atomic E-state index is 0.0883. The summed E-state index contributed by atoms with van der Waals surface area (Å²) in [7, 11) is -3.05. The third kappa shape index (κ3) is 4.60. The molecule has 3 N–H and O–H groups in total. The van der Waals surface area contributed by atoms with Crippen molar-refractivity contribution in [3.05, 3.63) is 53.6 Å². The van der Waals surface area contributed by atoms with Crippen LogP contribution in [-0.2, 0) is 14.9 Å². The number of nitrogens with one attached hydrogen (secondary N) is 1. The molecule has 0 aliphatic rings. The van der Waals surface area contributed by atoms with Crippen LogP contribution in [-0.4, -0.2) is 31.1 Å². The number of nitrogens with zero attached hydrogens (tertiary/aromatic N) is 1.